The van der Waals surface area contributed by atoms with Crippen LogP contribution in [0.2, 0.25) is 0 Å². The van der Waals surface area contributed by atoms with Crippen molar-refractivity contribution in [3.8, 4) is 0 Å². The van der Waals surface area contributed by atoms with Crippen molar-refractivity contribution in [3.63, 3.8) is 0 Å². The van der Waals surface area contributed by atoms with Gasteiger partial charge in [0.25, 0.3) is 0 Å². The Morgan fingerprint density at radius 3 is 2.57 bits per heavy atom. The van der Waals surface area contributed by atoms with Crippen LogP contribution in [0.15, 0.2) is 24.8 Å². The second kappa shape index (κ2) is 1.55. The molecule has 1 heterocycles. The normalized spacial score (nSPS) is 16.9. The zero-order valence-electron chi connectivity index (χ0n) is 3.86. The van der Waals surface area contributed by atoms with Crippen LogP contribution in [-0.2, 0) is 0 Å². The number of hydrogen-bond acceptors (Lipinski definition) is 3. The lowest BCUT2D eigenvalue weighted by Gasteiger charge is -2.12. The largest absolute Gasteiger partial charge is 0.346 e. The quantitative estimate of drug-likeness (QED) is 0.386. The van der Waals surface area contributed by atoms with Crippen molar-refractivity contribution >= 4 is 0 Å². The molecular weight excluding hydrogens is 90.1 g/mol. The molecule has 0 fully saturated rings. The third kappa shape index (κ3) is 0.855. The predicted octanol–water partition coefficient (Wildman–Crippen LogP) is -0.374. The summed E-state index contributed by atoms with van der Waals surface area (Å²) in [5.74, 6) is 0.766. The lowest BCUT2D eigenvalue weighted by atomic mass is 10.7. The standard InChI is InChI=1S/C4H7N3/c1-4-5-2-3-6-7-4/h2-3,5-7H,1H2. The minimum absolute atomic E-state index is 0.766. The molecule has 0 saturated heterocycles. The van der Waals surface area contributed by atoms with Crippen molar-refractivity contribution in [1.82, 2.24) is 16.2 Å². The van der Waals surface area contributed by atoms with Crippen molar-refractivity contribution in [1.29, 1.82) is 0 Å². The van der Waals surface area contributed by atoms with Gasteiger partial charge in [-0.05, 0) is 0 Å². The summed E-state index contributed by atoms with van der Waals surface area (Å²) in [6, 6.07) is 0. The molecule has 0 aromatic heterocycles. The Bertz CT molecular complexity index is 106. The maximum atomic E-state index is 3.58. The highest BCUT2D eigenvalue weighted by molar-refractivity contribution is 4.98. The Labute approximate surface area is 42.1 Å². The average molecular weight is 97.1 g/mol. The van der Waals surface area contributed by atoms with E-state index in [1.807, 2.05) is 0 Å². The Kier molecular flexibility index (Phi) is 0.898. The second-order valence-corrected chi connectivity index (χ2v) is 1.23. The van der Waals surface area contributed by atoms with Gasteiger partial charge in [-0.2, -0.15) is 0 Å². The molecular formula is C4H7N3. The molecule has 0 aliphatic carbocycles. The van der Waals surface area contributed by atoms with Crippen molar-refractivity contribution in [3.05, 3.63) is 24.8 Å². The fraction of sp³-hybridized carbons (Fsp3) is 0. The van der Waals surface area contributed by atoms with Gasteiger partial charge in [0.2, 0.25) is 0 Å². The molecule has 1 aliphatic rings. The van der Waals surface area contributed by atoms with Gasteiger partial charge in [-0.3, -0.25) is 5.43 Å². The summed E-state index contributed by atoms with van der Waals surface area (Å²) in [6.45, 7) is 3.58. The van der Waals surface area contributed by atoms with E-state index in [1.165, 1.54) is 0 Å². The lowest BCUT2D eigenvalue weighted by Crippen LogP contribution is -2.35. The van der Waals surface area contributed by atoms with E-state index in [4.69, 9.17) is 0 Å². The van der Waals surface area contributed by atoms with Crippen LogP contribution in [-0.4, -0.2) is 0 Å². The molecule has 38 valence electrons. The van der Waals surface area contributed by atoms with Crippen molar-refractivity contribution in [2.75, 3.05) is 0 Å². The molecule has 0 atom stereocenters. The van der Waals surface area contributed by atoms with E-state index in [1.54, 1.807) is 12.4 Å². The van der Waals surface area contributed by atoms with E-state index in [-0.39, 0.29) is 0 Å². The molecule has 0 bridgehead atoms. The molecule has 0 aromatic carbocycles. The predicted molar refractivity (Wildman–Crippen MR) is 27.7 cm³/mol. The summed E-state index contributed by atoms with van der Waals surface area (Å²) < 4.78 is 0. The number of nitrogens with one attached hydrogen (secondary N) is 3. The third-order valence-electron chi connectivity index (χ3n) is 0.647. The van der Waals surface area contributed by atoms with Crippen LogP contribution in [0.1, 0.15) is 0 Å². The first-order valence-corrected chi connectivity index (χ1v) is 2.01. The molecule has 0 aromatic rings. The van der Waals surface area contributed by atoms with E-state index in [0.717, 1.165) is 5.82 Å². The van der Waals surface area contributed by atoms with E-state index in [9.17, 15) is 0 Å². The monoisotopic (exact) mass is 97.1 g/mol. The van der Waals surface area contributed by atoms with Crippen molar-refractivity contribution in [2.24, 2.45) is 0 Å². The Morgan fingerprint density at radius 2 is 2.29 bits per heavy atom. The van der Waals surface area contributed by atoms with Gasteiger partial charge in [0.15, 0.2) is 0 Å². The van der Waals surface area contributed by atoms with Gasteiger partial charge in [-0.1, -0.05) is 6.58 Å². The first-order chi connectivity index (χ1) is 3.39. The highest BCUT2D eigenvalue weighted by Gasteiger charge is 1.86. The maximum Gasteiger partial charge on any atom is 0.114 e. The van der Waals surface area contributed by atoms with Gasteiger partial charge < -0.3 is 10.7 Å². The summed E-state index contributed by atoms with van der Waals surface area (Å²) in [6.07, 6.45) is 3.51. The van der Waals surface area contributed by atoms with Crippen molar-refractivity contribution in [2.45, 2.75) is 0 Å². The van der Waals surface area contributed by atoms with E-state index in [0.29, 0.717) is 0 Å². The van der Waals surface area contributed by atoms with Gasteiger partial charge in [0.05, 0.1) is 0 Å². The Hall–Kier alpha value is -1.12. The van der Waals surface area contributed by atoms with Gasteiger partial charge in [-0.15, -0.1) is 0 Å². The van der Waals surface area contributed by atoms with Crippen LogP contribution in [0.3, 0.4) is 0 Å². The molecule has 1 aliphatic heterocycles. The zero-order chi connectivity index (χ0) is 5.11. The minimum Gasteiger partial charge on any atom is -0.346 e. The first kappa shape index (κ1) is 4.05. The van der Waals surface area contributed by atoms with Crippen molar-refractivity contribution < 1.29 is 0 Å². The van der Waals surface area contributed by atoms with E-state index >= 15 is 0 Å². The third-order valence-corrected chi connectivity index (χ3v) is 0.647. The lowest BCUT2D eigenvalue weighted by molar-refractivity contribution is 0.657. The molecule has 3 N–H and O–H groups in total. The van der Waals surface area contributed by atoms with Crippen LogP contribution in [0.5, 0.6) is 0 Å². The SMILES string of the molecule is C=C1NC=CNN1. The summed E-state index contributed by atoms with van der Waals surface area (Å²) in [5, 5.41) is 2.83. The zero-order valence-corrected chi connectivity index (χ0v) is 3.86. The highest BCUT2D eigenvalue weighted by Crippen LogP contribution is 1.76. The average Bonchev–Trinajstić information content (AvgIpc) is 1.69. The van der Waals surface area contributed by atoms with Gasteiger partial charge in [-0.25, -0.2) is 0 Å². The van der Waals surface area contributed by atoms with Gasteiger partial charge >= 0.3 is 0 Å². The summed E-state index contributed by atoms with van der Waals surface area (Å²) in [4.78, 5) is 0. The maximum absolute atomic E-state index is 3.58. The summed E-state index contributed by atoms with van der Waals surface area (Å²) >= 11 is 0. The van der Waals surface area contributed by atoms with Crippen LogP contribution >= 0.6 is 0 Å². The molecule has 0 unspecified atom stereocenters. The molecule has 1 rings (SSSR count). The molecule has 7 heavy (non-hydrogen) atoms. The van der Waals surface area contributed by atoms with E-state index in [2.05, 4.69) is 22.7 Å². The fourth-order valence-electron chi connectivity index (χ4n) is 0.349. The molecule has 3 nitrogen and oxygen atoms in total. The minimum atomic E-state index is 0.766. The molecule has 0 spiro atoms. The van der Waals surface area contributed by atoms with Crippen LogP contribution < -0.4 is 16.2 Å². The molecule has 0 saturated carbocycles. The number of rotatable bonds is 0. The highest BCUT2D eigenvalue weighted by atomic mass is 15.4. The first-order valence-electron chi connectivity index (χ1n) is 2.01. The fourth-order valence-corrected chi connectivity index (χ4v) is 0.349. The van der Waals surface area contributed by atoms with Crippen LogP contribution in [0.25, 0.3) is 0 Å². The van der Waals surface area contributed by atoms with Crippen LogP contribution in [0, 0.1) is 0 Å². The summed E-state index contributed by atoms with van der Waals surface area (Å²) in [5.41, 5.74) is 5.48. The van der Waals surface area contributed by atoms with Gasteiger partial charge in [0.1, 0.15) is 5.82 Å². The smallest absolute Gasteiger partial charge is 0.114 e. The van der Waals surface area contributed by atoms with Gasteiger partial charge in [0, 0.05) is 12.4 Å². The number of hydrazine groups is 1. The van der Waals surface area contributed by atoms with Crippen LogP contribution in [0.4, 0.5) is 0 Å². The second-order valence-electron chi connectivity index (χ2n) is 1.23. The summed E-state index contributed by atoms with van der Waals surface area (Å²) in [7, 11) is 0. The number of hydrogen-bond donors (Lipinski definition) is 3. The Balaban J connectivity index is 2.47. The topological polar surface area (TPSA) is 36.1 Å². The van der Waals surface area contributed by atoms with E-state index < -0.39 is 0 Å². The molecule has 0 radical (unpaired) electrons. The molecule has 3 heteroatoms. The molecule has 0 amide bonds. The Morgan fingerprint density at radius 1 is 1.43 bits per heavy atom.